The Morgan fingerprint density at radius 1 is 1.41 bits per heavy atom. The Morgan fingerprint density at radius 3 is 2.76 bits per heavy atom. The van der Waals surface area contributed by atoms with Crippen molar-refractivity contribution in [1.82, 2.24) is 9.97 Å². The number of carbonyl (C=O) groups is 1. The lowest BCUT2D eigenvalue weighted by atomic mass is 10.1. The molecule has 0 saturated carbocycles. The van der Waals surface area contributed by atoms with Gasteiger partial charge in [-0.25, -0.2) is 14.8 Å². The normalized spacial score (nSPS) is 12.1. The van der Waals surface area contributed by atoms with Gasteiger partial charge >= 0.3 is 5.97 Å². The minimum Gasteiger partial charge on any atom is -0.463 e. The molecule has 0 aliphatic heterocycles. The molecule has 2 aromatic heterocycles. The number of methoxy groups -OCH3 is 1. The number of furan rings is 1. The van der Waals surface area contributed by atoms with Crippen LogP contribution in [0.15, 0.2) is 35.3 Å². The van der Waals surface area contributed by atoms with Gasteiger partial charge in [-0.3, -0.25) is 0 Å². The van der Waals surface area contributed by atoms with Crippen molar-refractivity contribution in [2.45, 2.75) is 6.10 Å². The summed E-state index contributed by atoms with van der Waals surface area (Å²) in [6, 6.07) is 2.94. The second-order valence-electron chi connectivity index (χ2n) is 3.27. The van der Waals surface area contributed by atoms with E-state index in [0.29, 0.717) is 5.56 Å². The number of hydrogen-bond donors (Lipinski definition) is 1. The number of carbonyl (C=O) groups excluding carboxylic acids is 1. The fourth-order valence-electron chi connectivity index (χ4n) is 1.33. The van der Waals surface area contributed by atoms with E-state index < -0.39 is 12.1 Å². The van der Waals surface area contributed by atoms with Crippen LogP contribution >= 0.6 is 0 Å². The van der Waals surface area contributed by atoms with Crippen LogP contribution in [0.25, 0.3) is 0 Å². The Morgan fingerprint density at radius 2 is 2.12 bits per heavy atom. The topological polar surface area (TPSA) is 85.5 Å². The van der Waals surface area contributed by atoms with Crippen molar-refractivity contribution < 1.29 is 19.1 Å². The van der Waals surface area contributed by atoms with Gasteiger partial charge in [-0.1, -0.05) is 0 Å². The summed E-state index contributed by atoms with van der Waals surface area (Å²) in [6.07, 6.45) is 3.29. The molecule has 0 radical (unpaired) electrons. The Bertz CT molecular complexity index is 509. The van der Waals surface area contributed by atoms with E-state index in [1.807, 2.05) is 0 Å². The third kappa shape index (κ3) is 2.31. The van der Waals surface area contributed by atoms with Crippen LogP contribution in [0.4, 0.5) is 0 Å². The van der Waals surface area contributed by atoms with Crippen LogP contribution in [0.5, 0.6) is 0 Å². The van der Waals surface area contributed by atoms with Gasteiger partial charge in [0.2, 0.25) is 5.76 Å². The van der Waals surface area contributed by atoms with Crippen molar-refractivity contribution in [3.63, 3.8) is 0 Å². The van der Waals surface area contributed by atoms with Gasteiger partial charge in [0.1, 0.15) is 18.2 Å². The molecule has 2 aromatic rings. The Hall–Kier alpha value is -2.21. The maximum absolute atomic E-state index is 11.2. The minimum absolute atomic E-state index is 0.0402. The SMILES string of the molecule is COC(=O)c1ccc(C(O)c2cncnc2)o1. The maximum Gasteiger partial charge on any atom is 0.373 e. The smallest absolute Gasteiger partial charge is 0.373 e. The third-order valence-electron chi connectivity index (χ3n) is 2.18. The summed E-state index contributed by atoms with van der Waals surface area (Å²) in [5.74, 6) is -0.314. The first-order valence-corrected chi connectivity index (χ1v) is 4.83. The minimum atomic E-state index is -1.00. The predicted octanol–water partition coefficient (Wildman–Crippen LogP) is 0.938. The number of rotatable bonds is 3. The average Bonchev–Trinajstić information content (AvgIpc) is 2.87. The van der Waals surface area contributed by atoms with Crippen LogP contribution in [0.3, 0.4) is 0 Å². The van der Waals surface area contributed by atoms with Crippen molar-refractivity contribution >= 4 is 5.97 Å². The molecular formula is C11H10N2O4. The summed E-state index contributed by atoms with van der Waals surface area (Å²) < 4.78 is 9.67. The predicted molar refractivity (Wildman–Crippen MR) is 56.1 cm³/mol. The zero-order chi connectivity index (χ0) is 12.3. The lowest BCUT2D eigenvalue weighted by Crippen LogP contribution is -2.01. The van der Waals surface area contributed by atoms with Crippen molar-refractivity contribution in [3.05, 3.63) is 47.9 Å². The number of ether oxygens (including phenoxy) is 1. The number of nitrogens with zero attached hydrogens (tertiary/aromatic N) is 2. The zero-order valence-corrected chi connectivity index (χ0v) is 9.03. The van der Waals surface area contributed by atoms with Crippen molar-refractivity contribution in [2.24, 2.45) is 0 Å². The van der Waals surface area contributed by atoms with E-state index >= 15 is 0 Å². The lowest BCUT2D eigenvalue weighted by molar-refractivity contribution is 0.0558. The van der Waals surface area contributed by atoms with E-state index in [1.165, 1.54) is 38.0 Å². The Balaban J connectivity index is 2.23. The monoisotopic (exact) mass is 234 g/mol. The van der Waals surface area contributed by atoms with Crippen molar-refractivity contribution in [1.29, 1.82) is 0 Å². The highest BCUT2D eigenvalue weighted by Crippen LogP contribution is 2.22. The van der Waals surface area contributed by atoms with Gasteiger partial charge in [0.15, 0.2) is 0 Å². The molecule has 1 atom stereocenters. The number of esters is 1. The third-order valence-corrected chi connectivity index (χ3v) is 2.18. The molecule has 88 valence electrons. The molecule has 6 nitrogen and oxygen atoms in total. The summed E-state index contributed by atoms with van der Waals surface area (Å²) in [5, 5.41) is 9.93. The first-order valence-electron chi connectivity index (χ1n) is 4.83. The highest BCUT2D eigenvalue weighted by atomic mass is 16.5. The van der Waals surface area contributed by atoms with Gasteiger partial charge < -0.3 is 14.3 Å². The van der Waals surface area contributed by atoms with E-state index in [0.717, 1.165) is 0 Å². The van der Waals surface area contributed by atoms with E-state index in [4.69, 9.17) is 4.42 Å². The standard InChI is InChI=1S/C11H10N2O4/c1-16-11(15)9-3-2-8(17-9)10(14)7-4-12-6-13-5-7/h2-6,10,14H,1H3. The first kappa shape index (κ1) is 11.3. The molecule has 0 spiro atoms. The quantitative estimate of drug-likeness (QED) is 0.795. The largest absolute Gasteiger partial charge is 0.463 e. The molecule has 1 unspecified atom stereocenters. The molecule has 0 amide bonds. The van der Waals surface area contributed by atoms with Crippen LogP contribution in [-0.2, 0) is 4.74 Å². The second-order valence-corrected chi connectivity index (χ2v) is 3.27. The maximum atomic E-state index is 11.2. The molecule has 0 fully saturated rings. The molecule has 0 aliphatic rings. The van der Waals surface area contributed by atoms with Gasteiger partial charge in [-0.15, -0.1) is 0 Å². The molecule has 17 heavy (non-hydrogen) atoms. The van der Waals surface area contributed by atoms with Crippen molar-refractivity contribution in [3.8, 4) is 0 Å². The molecule has 2 heterocycles. The summed E-state index contributed by atoms with van der Waals surface area (Å²) in [6.45, 7) is 0. The van der Waals surface area contributed by atoms with Crippen LogP contribution in [0.1, 0.15) is 28.0 Å². The number of hydrogen-bond acceptors (Lipinski definition) is 6. The molecule has 0 aromatic carbocycles. The summed E-state index contributed by atoms with van der Waals surface area (Å²) in [5.41, 5.74) is 0.485. The van der Waals surface area contributed by atoms with E-state index in [9.17, 15) is 9.90 Å². The second kappa shape index (κ2) is 4.75. The van der Waals surface area contributed by atoms with Crippen LogP contribution in [0, 0.1) is 0 Å². The van der Waals surface area contributed by atoms with Crippen LogP contribution in [0.2, 0.25) is 0 Å². The summed E-state index contributed by atoms with van der Waals surface area (Å²) >= 11 is 0. The molecule has 0 aliphatic carbocycles. The fraction of sp³-hybridized carbons (Fsp3) is 0.182. The van der Waals surface area contributed by atoms with Crippen LogP contribution in [-0.4, -0.2) is 28.2 Å². The zero-order valence-electron chi connectivity index (χ0n) is 9.03. The molecule has 0 bridgehead atoms. The Kier molecular flexibility index (Phi) is 3.15. The van der Waals surface area contributed by atoms with Gasteiger partial charge in [0, 0.05) is 18.0 Å². The van der Waals surface area contributed by atoms with Gasteiger partial charge in [-0.05, 0) is 12.1 Å². The first-order chi connectivity index (χ1) is 8.22. The number of aliphatic hydroxyl groups is 1. The molecule has 0 saturated heterocycles. The molecule has 2 rings (SSSR count). The Labute approximate surface area is 96.9 Å². The van der Waals surface area contributed by atoms with E-state index in [2.05, 4.69) is 14.7 Å². The lowest BCUT2D eigenvalue weighted by Gasteiger charge is -2.06. The highest BCUT2D eigenvalue weighted by Gasteiger charge is 2.18. The average molecular weight is 234 g/mol. The molecule has 1 N–H and O–H groups in total. The highest BCUT2D eigenvalue weighted by molar-refractivity contribution is 5.86. The fourth-order valence-corrected chi connectivity index (χ4v) is 1.33. The summed E-state index contributed by atoms with van der Waals surface area (Å²) in [4.78, 5) is 18.7. The molecule has 6 heteroatoms. The number of aromatic nitrogens is 2. The van der Waals surface area contributed by atoms with E-state index in [1.54, 1.807) is 0 Å². The number of aliphatic hydroxyl groups excluding tert-OH is 1. The molecular weight excluding hydrogens is 224 g/mol. The van der Waals surface area contributed by atoms with Gasteiger partial charge in [-0.2, -0.15) is 0 Å². The van der Waals surface area contributed by atoms with E-state index in [-0.39, 0.29) is 11.5 Å². The van der Waals surface area contributed by atoms with Gasteiger partial charge in [0.25, 0.3) is 0 Å². The summed E-state index contributed by atoms with van der Waals surface area (Å²) in [7, 11) is 1.26. The van der Waals surface area contributed by atoms with Gasteiger partial charge in [0.05, 0.1) is 7.11 Å². The van der Waals surface area contributed by atoms with Crippen molar-refractivity contribution in [2.75, 3.05) is 7.11 Å². The van der Waals surface area contributed by atoms with Crippen LogP contribution < -0.4 is 0 Å².